The lowest BCUT2D eigenvalue weighted by molar-refractivity contribution is -0.117. The number of rotatable bonds is 1. The number of Topliss-reactive ketones (excluding diaryl/α,β-unsaturated/α-hetero) is 1. The topological polar surface area (TPSA) is 17.1 Å². The molecule has 0 spiro atoms. The Morgan fingerprint density at radius 2 is 1.75 bits per heavy atom. The number of carbonyl (C=O) groups is 1. The second-order valence-corrected chi connectivity index (χ2v) is 5.85. The fourth-order valence-corrected chi connectivity index (χ4v) is 2.35. The molecule has 0 unspecified atom stereocenters. The van der Waals surface area contributed by atoms with Crippen LogP contribution in [-0.2, 0) is 10.2 Å². The van der Waals surface area contributed by atoms with Gasteiger partial charge in [0.25, 0.3) is 0 Å². The van der Waals surface area contributed by atoms with Gasteiger partial charge in [0, 0.05) is 12.8 Å². The average Bonchev–Trinajstić information content (AvgIpc) is 2.64. The molecule has 1 nitrogen and oxygen atoms in total. The summed E-state index contributed by atoms with van der Waals surface area (Å²) < 4.78 is 0. The van der Waals surface area contributed by atoms with Gasteiger partial charge in [0.05, 0.1) is 0 Å². The summed E-state index contributed by atoms with van der Waals surface area (Å²) in [6, 6.07) is 8.81. The van der Waals surface area contributed by atoms with Crippen LogP contribution in [0.1, 0.15) is 57.1 Å². The lowest BCUT2D eigenvalue weighted by atomic mass is 9.85. The molecule has 1 atom stereocenters. The second kappa shape index (κ2) is 4.04. The smallest absolute Gasteiger partial charge is 0.133 e. The van der Waals surface area contributed by atoms with Crippen molar-refractivity contribution < 1.29 is 4.79 Å². The van der Waals surface area contributed by atoms with E-state index >= 15 is 0 Å². The maximum absolute atomic E-state index is 11.3. The average molecular weight is 216 g/mol. The third-order valence-corrected chi connectivity index (χ3v) is 3.49. The highest BCUT2D eigenvalue weighted by Crippen LogP contribution is 2.33. The standard InChI is InChI=1S/C15H20O/c1-15(2,3)13-7-4-11(5-8-13)12-6-9-14(16)10-12/h4-5,7-8,12H,6,9-10H2,1-3H3/t12-/m0/s1. The van der Waals surface area contributed by atoms with E-state index in [-0.39, 0.29) is 5.41 Å². The van der Waals surface area contributed by atoms with Gasteiger partial charge < -0.3 is 0 Å². The highest BCUT2D eigenvalue weighted by Gasteiger charge is 2.23. The van der Waals surface area contributed by atoms with Crippen LogP contribution in [0.5, 0.6) is 0 Å². The van der Waals surface area contributed by atoms with Crippen LogP contribution in [0.25, 0.3) is 0 Å². The summed E-state index contributed by atoms with van der Waals surface area (Å²) in [5.41, 5.74) is 2.91. The van der Waals surface area contributed by atoms with Crippen molar-refractivity contribution in [3.05, 3.63) is 35.4 Å². The molecule has 0 saturated heterocycles. The molecule has 86 valence electrons. The number of ketones is 1. The van der Waals surface area contributed by atoms with Crippen LogP contribution >= 0.6 is 0 Å². The SMILES string of the molecule is CC(C)(C)c1ccc([C@H]2CCC(=O)C2)cc1. The second-order valence-electron chi connectivity index (χ2n) is 5.85. The number of carbonyl (C=O) groups excluding carboxylic acids is 1. The summed E-state index contributed by atoms with van der Waals surface area (Å²) in [7, 11) is 0. The maximum Gasteiger partial charge on any atom is 0.133 e. The Morgan fingerprint density at radius 1 is 1.12 bits per heavy atom. The molecule has 1 aliphatic rings. The van der Waals surface area contributed by atoms with Gasteiger partial charge in [-0.1, -0.05) is 45.0 Å². The highest BCUT2D eigenvalue weighted by atomic mass is 16.1. The van der Waals surface area contributed by atoms with Crippen molar-refractivity contribution >= 4 is 5.78 Å². The molecule has 0 N–H and O–H groups in total. The minimum Gasteiger partial charge on any atom is -0.300 e. The van der Waals surface area contributed by atoms with E-state index in [1.807, 2.05) is 0 Å². The number of hydrogen-bond donors (Lipinski definition) is 0. The van der Waals surface area contributed by atoms with Crippen LogP contribution in [0.15, 0.2) is 24.3 Å². The first-order valence-corrected chi connectivity index (χ1v) is 6.09. The monoisotopic (exact) mass is 216 g/mol. The maximum atomic E-state index is 11.3. The van der Waals surface area contributed by atoms with Gasteiger partial charge in [-0.05, 0) is 28.9 Å². The van der Waals surface area contributed by atoms with Gasteiger partial charge in [-0.3, -0.25) is 4.79 Å². The van der Waals surface area contributed by atoms with Crippen LogP contribution in [0, 0.1) is 0 Å². The molecule has 0 radical (unpaired) electrons. The molecule has 0 heterocycles. The van der Waals surface area contributed by atoms with Crippen molar-refractivity contribution in [2.24, 2.45) is 0 Å². The largest absolute Gasteiger partial charge is 0.300 e. The fourth-order valence-electron chi connectivity index (χ4n) is 2.35. The molecule has 1 saturated carbocycles. The van der Waals surface area contributed by atoms with E-state index in [2.05, 4.69) is 45.0 Å². The summed E-state index contributed by atoms with van der Waals surface area (Å²) >= 11 is 0. The van der Waals surface area contributed by atoms with Crippen molar-refractivity contribution in [2.45, 2.75) is 51.4 Å². The molecule has 0 bridgehead atoms. The third-order valence-electron chi connectivity index (χ3n) is 3.49. The predicted octanol–water partition coefficient (Wildman–Crippen LogP) is 3.82. The lowest BCUT2D eigenvalue weighted by Gasteiger charge is -2.20. The Morgan fingerprint density at radius 3 is 2.19 bits per heavy atom. The van der Waals surface area contributed by atoms with Gasteiger partial charge in [-0.15, -0.1) is 0 Å². The van der Waals surface area contributed by atoms with Crippen molar-refractivity contribution in [3.63, 3.8) is 0 Å². The Hall–Kier alpha value is -1.11. The zero-order valence-electron chi connectivity index (χ0n) is 10.4. The summed E-state index contributed by atoms with van der Waals surface area (Å²) in [6.45, 7) is 6.67. The van der Waals surface area contributed by atoms with Gasteiger partial charge in [0.15, 0.2) is 0 Å². The van der Waals surface area contributed by atoms with Crippen LogP contribution < -0.4 is 0 Å². The normalized spacial score (nSPS) is 21.4. The van der Waals surface area contributed by atoms with Crippen molar-refractivity contribution in [3.8, 4) is 0 Å². The molecule has 0 aliphatic heterocycles. The van der Waals surface area contributed by atoms with Crippen LogP contribution in [-0.4, -0.2) is 5.78 Å². The molecule has 1 fully saturated rings. The summed E-state index contributed by atoms with van der Waals surface area (Å²) in [6.07, 6.45) is 2.55. The Kier molecular flexibility index (Phi) is 2.88. The zero-order valence-corrected chi connectivity index (χ0v) is 10.4. The zero-order chi connectivity index (χ0) is 11.8. The van der Waals surface area contributed by atoms with Gasteiger partial charge in [0.2, 0.25) is 0 Å². The van der Waals surface area contributed by atoms with Gasteiger partial charge in [-0.2, -0.15) is 0 Å². The Labute approximate surface area is 97.9 Å². The fraction of sp³-hybridized carbons (Fsp3) is 0.533. The first-order chi connectivity index (χ1) is 7.47. The summed E-state index contributed by atoms with van der Waals surface area (Å²) in [5, 5.41) is 0. The highest BCUT2D eigenvalue weighted by molar-refractivity contribution is 5.81. The van der Waals surface area contributed by atoms with Crippen molar-refractivity contribution in [2.75, 3.05) is 0 Å². The van der Waals surface area contributed by atoms with E-state index in [0.29, 0.717) is 11.7 Å². The number of benzene rings is 1. The van der Waals surface area contributed by atoms with E-state index in [1.165, 1.54) is 11.1 Å². The quantitative estimate of drug-likeness (QED) is 0.697. The van der Waals surface area contributed by atoms with Gasteiger partial charge >= 0.3 is 0 Å². The summed E-state index contributed by atoms with van der Waals surface area (Å²) in [4.78, 5) is 11.3. The first-order valence-electron chi connectivity index (χ1n) is 6.09. The minimum atomic E-state index is 0.212. The van der Waals surface area contributed by atoms with E-state index < -0.39 is 0 Å². The van der Waals surface area contributed by atoms with Crippen LogP contribution in [0.3, 0.4) is 0 Å². The molecule has 1 aromatic rings. The van der Waals surface area contributed by atoms with Crippen LogP contribution in [0.4, 0.5) is 0 Å². The van der Waals surface area contributed by atoms with Crippen molar-refractivity contribution in [1.29, 1.82) is 0 Å². The molecule has 1 aromatic carbocycles. The molecule has 0 aromatic heterocycles. The molecule has 1 heteroatoms. The molecular weight excluding hydrogens is 196 g/mol. The van der Waals surface area contributed by atoms with E-state index in [9.17, 15) is 4.79 Å². The number of hydrogen-bond acceptors (Lipinski definition) is 1. The minimum absolute atomic E-state index is 0.212. The molecule has 1 aliphatic carbocycles. The molecule has 0 amide bonds. The molecule has 2 rings (SSSR count). The summed E-state index contributed by atoms with van der Waals surface area (Å²) in [5.74, 6) is 0.895. The third kappa shape index (κ3) is 2.34. The Balaban J connectivity index is 2.17. The van der Waals surface area contributed by atoms with Gasteiger partial charge in [-0.25, -0.2) is 0 Å². The van der Waals surface area contributed by atoms with E-state index in [4.69, 9.17) is 0 Å². The van der Waals surface area contributed by atoms with E-state index in [1.54, 1.807) is 0 Å². The lowest BCUT2D eigenvalue weighted by Crippen LogP contribution is -2.10. The molecular formula is C15H20O. The van der Waals surface area contributed by atoms with Gasteiger partial charge in [0.1, 0.15) is 5.78 Å². The van der Waals surface area contributed by atoms with Crippen molar-refractivity contribution in [1.82, 2.24) is 0 Å². The van der Waals surface area contributed by atoms with E-state index in [0.717, 1.165) is 19.3 Å². The Bertz CT molecular complexity index is 381. The van der Waals surface area contributed by atoms with Crippen LogP contribution in [0.2, 0.25) is 0 Å². The first kappa shape index (κ1) is 11.4. The molecule has 16 heavy (non-hydrogen) atoms. The predicted molar refractivity (Wildman–Crippen MR) is 66.7 cm³/mol.